The predicted molar refractivity (Wildman–Crippen MR) is 77.2 cm³/mol. The van der Waals surface area contributed by atoms with Crippen molar-refractivity contribution in [1.29, 1.82) is 0 Å². The Bertz CT molecular complexity index is 336. The van der Waals surface area contributed by atoms with Crippen molar-refractivity contribution in [3.05, 3.63) is 32.9 Å². The summed E-state index contributed by atoms with van der Waals surface area (Å²) in [7, 11) is 0. The summed E-state index contributed by atoms with van der Waals surface area (Å²) in [5.41, 5.74) is 0.229. The smallest absolute Gasteiger partial charge is 0.0701 e. The molecular weight excluding hydrogens is 282 g/mol. The van der Waals surface area contributed by atoms with E-state index in [4.69, 9.17) is 0 Å². The van der Waals surface area contributed by atoms with Gasteiger partial charge in [-0.25, -0.2) is 0 Å². The summed E-state index contributed by atoms with van der Waals surface area (Å²) in [4.78, 5) is 1.41. The van der Waals surface area contributed by atoms with Crippen molar-refractivity contribution in [3.63, 3.8) is 0 Å². The zero-order chi connectivity index (χ0) is 12.0. The van der Waals surface area contributed by atoms with E-state index in [9.17, 15) is 0 Å². The molecule has 0 bridgehead atoms. The number of allylic oxidation sites excluding steroid dienone is 1. The van der Waals surface area contributed by atoms with E-state index in [1.807, 2.05) is 0 Å². The number of rotatable bonds is 5. The molecule has 1 nitrogen and oxygen atoms in total. The summed E-state index contributed by atoms with van der Waals surface area (Å²) in [5, 5.41) is 3.47. The van der Waals surface area contributed by atoms with Crippen LogP contribution in [0, 0.1) is 0 Å². The van der Waals surface area contributed by atoms with Gasteiger partial charge in [-0.15, -0.1) is 11.3 Å². The van der Waals surface area contributed by atoms with E-state index in [2.05, 4.69) is 66.3 Å². The SMILES string of the molecule is CC(C)(C)NCCC=CCc1ccc(Br)s1. The summed E-state index contributed by atoms with van der Waals surface area (Å²) in [6, 6.07) is 4.28. The van der Waals surface area contributed by atoms with E-state index < -0.39 is 0 Å². The fraction of sp³-hybridized carbons (Fsp3) is 0.538. The Kier molecular flexibility index (Phi) is 5.73. The van der Waals surface area contributed by atoms with E-state index >= 15 is 0 Å². The number of hydrogen-bond donors (Lipinski definition) is 1. The van der Waals surface area contributed by atoms with Gasteiger partial charge >= 0.3 is 0 Å². The fourth-order valence-corrected chi connectivity index (χ4v) is 2.77. The zero-order valence-electron chi connectivity index (χ0n) is 10.2. The lowest BCUT2D eigenvalue weighted by atomic mass is 10.1. The van der Waals surface area contributed by atoms with Gasteiger partial charge < -0.3 is 5.32 Å². The molecule has 0 aliphatic heterocycles. The van der Waals surface area contributed by atoms with Gasteiger partial charge in [0.25, 0.3) is 0 Å². The van der Waals surface area contributed by atoms with E-state index in [0.717, 1.165) is 19.4 Å². The molecule has 0 fully saturated rings. The Balaban J connectivity index is 2.14. The highest BCUT2D eigenvalue weighted by Gasteiger charge is 2.06. The molecule has 1 aromatic rings. The monoisotopic (exact) mass is 301 g/mol. The topological polar surface area (TPSA) is 12.0 Å². The maximum absolute atomic E-state index is 3.47. The van der Waals surface area contributed by atoms with E-state index in [1.54, 1.807) is 11.3 Å². The van der Waals surface area contributed by atoms with Crippen molar-refractivity contribution in [1.82, 2.24) is 5.32 Å². The first kappa shape index (κ1) is 13.9. The molecule has 0 aliphatic carbocycles. The number of thiophene rings is 1. The molecule has 16 heavy (non-hydrogen) atoms. The third-order valence-electron chi connectivity index (χ3n) is 2.08. The molecule has 0 unspecified atom stereocenters. The van der Waals surface area contributed by atoms with Gasteiger partial charge in [0.1, 0.15) is 0 Å². The lowest BCUT2D eigenvalue weighted by Crippen LogP contribution is -2.36. The molecule has 1 N–H and O–H groups in total. The molecule has 0 saturated heterocycles. The van der Waals surface area contributed by atoms with Crippen LogP contribution >= 0.6 is 27.3 Å². The summed E-state index contributed by atoms with van der Waals surface area (Å²) in [6.45, 7) is 7.63. The minimum Gasteiger partial charge on any atom is -0.312 e. The van der Waals surface area contributed by atoms with Gasteiger partial charge in [0.15, 0.2) is 0 Å². The molecule has 3 heteroatoms. The van der Waals surface area contributed by atoms with E-state index in [1.165, 1.54) is 8.66 Å². The van der Waals surface area contributed by atoms with Gasteiger partial charge in [-0.2, -0.15) is 0 Å². The Morgan fingerprint density at radius 3 is 2.62 bits per heavy atom. The van der Waals surface area contributed by atoms with Crippen molar-refractivity contribution in [2.45, 2.75) is 39.2 Å². The summed E-state index contributed by atoms with van der Waals surface area (Å²) in [5.74, 6) is 0. The van der Waals surface area contributed by atoms with Crippen LogP contribution in [0.5, 0.6) is 0 Å². The zero-order valence-corrected chi connectivity index (χ0v) is 12.6. The lowest BCUT2D eigenvalue weighted by Gasteiger charge is -2.19. The lowest BCUT2D eigenvalue weighted by molar-refractivity contribution is 0.431. The van der Waals surface area contributed by atoms with Crippen LogP contribution in [0.3, 0.4) is 0 Å². The van der Waals surface area contributed by atoms with Crippen molar-refractivity contribution >= 4 is 27.3 Å². The summed E-state index contributed by atoms with van der Waals surface area (Å²) in [6.07, 6.45) is 6.66. The second-order valence-corrected chi connectivity index (χ2v) is 7.39. The summed E-state index contributed by atoms with van der Waals surface area (Å²) < 4.78 is 1.21. The highest BCUT2D eigenvalue weighted by molar-refractivity contribution is 9.11. The van der Waals surface area contributed by atoms with Crippen molar-refractivity contribution in [2.24, 2.45) is 0 Å². The molecule has 0 aromatic carbocycles. The van der Waals surface area contributed by atoms with E-state index in [-0.39, 0.29) is 5.54 Å². The standard InChI is InChI=1S/C13H20BrNS/c1-13(2,3)15-10-6-4-5-7-11-8-9-12(14)16-11/h4-5,8-9,15H,6-7,10H2,1-3H3. The number of nitrogens with one attached hydrogen (secondary N) is 1. The minimum absolute atomic E-state index is 0.229. The van der Waals surface area contributed by atoms with Gasteiger partial charge in [-0.3, -0.25) is 0 Å². The molecule has 0 saturated carbocycles. The van der Waals surface area contributed by atoms with Crippen LogP contribution in [0.15, 0.2) is 28.1 Å². The van der Waals surface area contributed by atoms with Crippen LogP contribution in [0.1, 0.15) is 32.1 Å². The highest BCUT2D eigenvalue weighted by atomic mass is 79.9. The molecule has 90 valence electrons. The van der Waals surface area contributed by atoms with Gasteiger partial charge in [0, 0.05) is 10.4 Å². The largest absolute Gasteiger partial charge is 0.312 e. The average molecular weight is 302 g/mol. The Labute approximate surface area is 111 Å². The van der Waals surface area contributed by atoms with Crippen molar-refractivity contribution < 1.29 is 0 Å². The van der Waals surface area contributed by atoms with Crippen LogP contribution < -0.4 is 5.32 Å². The van der Waals surface area contributed by atoms with Crippen LogP contribution in [0.4, 0.5) is 0 Å². The van der Waals surface area contributed by atoms with Crippen LogP contribution in [-0.4, -0.2) is 12.1 Å². The minimum atomic E-state index is 0.229. The molecule has 1 heterocycles. The van der Waals surface area contributed by atoms with Gasteiger partial charge in [0.05, 0.1) is 3.79 Å². The first-order chi connectivity index (χ1) is 7.47. The molecule has 0 atom stereocenters. The van der Waals surface area contributed by atoms with Gasteiger partial charge in [-0.05, 0) is 68.2 Å². The second kappa shape index (κ2) is 6.58. The maximum atomic E-state index is 3.47. The highest BCUT2D eigenvalue weighted by Crippen LogP contribution is 2.22. The van der Waals surface area contributed by atoms with E-state index in [0.29, 0.717) is 0 Å². The quantitative estimate of drug-likeness (QED) is 0.628. The van der Waals surface area contributed by atoms with Crippen molar-refractivity contribution in [3.8, 4) is 0 Å². The fourth-order valence-electron chi connectivity index (χ4n) is 1.31. The van der Waals surface area contributed by atoms with Crippen molar-refractivity contribution in [2.75, 3.05) is 6.54 Å². The molecule has 0 amide bonds. The van der Waals surface area contributed by atoms with Crippen LogP contribution in [0.2, 0.25) is 0 Å². The van der Waals surface area contributed by atoms with Gasteiger partial charge in [-0.1, -0.05) is 12.2 Å². The first-order valence-corrected chi connectivity index (χ1v) is 7.22. The third-order valence-corrected chi connectivity index (χ3v) is 3.73. The molecule has 1 aromatic heterocycles. The number of halogens is 1. The molecule has 0 aliphatic rings. The molecular formula is C13H20BrNS. The second-order valence-electron chi connectivity index (χ2n) is 4.85. The molecule has 0 spiro atoms. The Hall–Kier alpha value is -0.120. The Morgan fingerprint density at radius 2 is 2.06 bits per heavy atom. The molecule has 1 rings (SSSR count). The molecule has 0 radical (unpaired) electrons. The first-order valence-electron chi connectivity index (χ1n) is 5.61. The predicted octanol–water partition coefficient (Wildman–Crippen LogP) is 4.39. The van der Waals surface area contributed by atoms with Crippen LogP contribution in [0.25, 0.3) is 0 Å². The third kappa shape index (κ3) is 6.46. The Morgan fingerprint density at radius 1 is 1.31 bits per heavy atom. The maximum Gasteiger partial charge on any atom is 0.0701 e. The normalized spacial score (nSPS) is 12.5. The van der Waals surface area contributed by atoms with Crippen LogP contribution in [-0.2, 0) is 6.42 Å². The summed E-state index contributed by atoms with van der Waals surface area (Å²) >= 11 is 5.28. The number of hydrogen-bond acceptors (Lipinski definition) is 2. The average Bonchev–Trinajstić information content (AvgIpc) is 2.56. The van der Waals surface area contributed by atoms with Gasteiger partial charge in [0.2, 0.25) is 0 Å².